The van der Waals surface area contributed by atoms with Gasteiger partial charge in [-0.2, -0.15) is 18.4 Å². The van der Waals surface area contributed by atoms with Crippen LogP contribution >= 0.6 is 0 Å². The van der Waals surface area contributed by atoms with Crippen LogP contribution in [0.25, 0.3) is 0 Å². The third kappa shape index (κ3) is 4.78. The highest BCUT2D eigenvalue weighted by atomic mass is 19.4. The molecule has 1 aromatic rings. The van der Waals surface area contributed by atoms with Gasteiger partial charge < -0.3 is 15.5 Å². The Morgan fingerprint density at radius 1 is 1.19 bits per heavy atom. The molecule has 2 aliphatic rings. The van der Waals surface area contributed by atoms with Crippen molar-refractivity contribution in [3.8, 4) is 6.07 Å². The normalized spacial score (nSPS) is 22.6. The van der Waals surface area contributed by atoms with E-state index in [-0.39, 0.29) is 30.2 Å². The number of nitrogens with two attached hydrogens (primary N) is 1. The molecule has 2 heterocycles. The maximum atomic E-state index is 13.4. The van der Waals surface area contributed by atoms with Gasteiger partial charge >= 0.3 is 6.18 Å². The highest BCUT2D eigenvalue weighted by Crippen LogP contribution is 2.40. The summed E-state index contributed by atoms with van der Waals surface area (Å²) in [6.07, 6.45) is -3.16. The SMILES string of the molecule is CC(C)C(=O)N1CCC([C@@H]2CN(c3ccc(C#N)c(C(F)(F)F)c3)C[C@H]2C(N)=O)CC1. The van der Waals surface area contributed by atoms with Crippen molar-refractivity contribution in [2.24, 2.45) is 29.4 Å². The molecule has 0 radical (unpaired) electrons. The second kappa shape index (κ2) is 8.77. The molecule has 2 N–H and O–H groups in total. The van der Waals surface area contributed by atoms with E-state index in [4.69, 9.17) is 11.0 Å². The topological polar surface area (TPSA) is 90.4 Å². The van der Waals surface area contributed by atoms with Crippen LogP contribution < -0.4 is 10.6 Å². The summed E-state index contributed by atoms with van der Waals surface area (Å²) >= 11 is 0. The number of likely N-dealkylation sites (tertiary alicyclic amines) is 1. The maximum absolute atomic E-state index is 13.4. The van der Waals surface area contributed by atoms with Gasteiger partial charge in [-0.1, -0.05) is 13.8 Å². The van der Waals surface area contributed by atoms with Crippen molar-refractivity contribution in [2.75, 3.05) is 31.1 Å². The minimum atomic E-state index is -4.64. The summed E-state index contributed by atoms with van der Waals surface area (Å²) in [5.41, 5.74) is 4.56. The molecule has 0 saturated carbocycles. The van der Waals surface area contributed by atoms with Crippen molar-refractivity contribution in [1.29, 1.82) is 5.26 Å². The minimum absolute atomic E-state index is 0.0731. The fraction of sp³-hybridized carbons (Fsp3) is 0.591. The zero-order valence-corrected chi connectivity index (χ0v) is 17.7. The Bertz CT molecular complexity index is 886. The lowest BCUT2D eigenvalue weighted by Crippen LogP contribution is -2.44. The largest absolute Gasteiger partial charge is 0.417 e. The van der Waals surface area contributed by atoms with Gasteiger partial charge in [0.1, 0.15) is 0 Å². The average molecular weight is 436 g/mol. The number of halogens is 3. The van der Waals surface area contributed by atoms with Crippen LogP contribution in [0.4, 0.5) is 18.9 Å². The van der Waals surface area contributed by atoms with Gasteiger partial charge in [0, 0.05) is 37.8 Å². The van der Waals surface area contributed by atoms with Crippen molar-refractivity contribution in [1.82, 2.24) is 4.90 Å². The van der Waals surface area contributed by atoms with Gasteiger partial charge in [0.25, 0.3) is 0 Å². The summed E-state index contributed by atoms with van der Waals surface area (Å²) in [6.45, 7) is 5.60. The molecule has 6 nitrogen and oxygen atoms in total. The zero-order chi connectivity index (χ0) is 22.9. The summed E-state index contributed by atoms with van der Waals surface area (Å²) in [7, 11) is 0. The second-order valence-electron chi connectivity index (χ2n) is 8.73. The van der Waals surface area contributed by atoms with Crippen LogP contribution in [0.15, 0.2) is 18.2 Å². The van der Waals surface area contributed by atoms with E-state index in [1.165, 1.54) is 12.1 Å². The number of carbonyl (C=O) groups is 2. The van der Waals surface area contributed by atoms with Gasteiger partial charge in [0.2, 0.25) is 11.8 Å². The molecule has 0 aliphatic carbocycles. The molecule has 31 heavy (non-hydrogen) atoms. The van der Waals surface area contributed by atoms with Crippen LogP contribution in [-0.2, 0) is 15.8 Å². The van der Waals surface area contributed by atoms with Crippen LogP contribution in [0, 0.1) is 35.0 Å². The fourth-order valence-electron chi connectivity index (χ4n) is 4.79. The number of piperidine rings is 1. The van der Waals surface area contributed by atoms with Crippen LogP contribution in [0.2, 0.25) is 0 Å². The van der Waals surface area contributed by atoms with Crippen molar-refractivity contribution in [3.63, 3.8) is 0 Å². The summed E-state index contributed by atoms with van der Waals surface area (Å²) in [5, 5.41) is 9.01. The Morgan fingerprint density at radius 2 is 1.84 bits per heavy atom. The zero-order valence-electron chi connectivity index (χ0n) is 17.7. The highest BCUT2D eigenvalue weighted by molar-refractivity contribution is 5.79. The number of nitrogens with zero attached hydrogens (tertiary/aromatic N) is 3. The predicted molar refractivity (Wildman–Crippen MR) is 109 cm³/mol. The van der Waals surface area contributed by atoms with E-state index in [2.05, 4.69) is 0 Å². The van der Waals surface area contributed by atoms with Gasteiger partial charge in [-0.3, -0.25) is 9.59 Å². The van der Waals surface area contributed by atoms with Gasteiger partial charge in [0.15, 0.2) is 0 Å². The number of anilines is 1. The molecule has 0 aromatic heterocycles. The molecular weight excluding hydrogens is 409 g/mol. The smallest absolute Gasteiger partial charge is 0.370 e. The average Bonchev–Trinajstić information content (AvgIpc) is 3.18. The first-order valence-corrected chi connectivity index (χ1v) is 10.5. The lowest BCUT2D eigenvalue weighted by atomic mass is 9.78. The Balaban J connectivity index is 1.78. The van der Waals surface area contributed by atoms with E-state index in [1.54, 1.807) is 11.0 Å². The number of hydrogen-bond donors (Lipinski definition) is 1. The highest BCUT2D eigenvalue weighted by Gasteiger charge is 2.43. The second-order valence-corrected chi connectivity index (χ2v) is 8.73. The van der Waals surface area contributed by atoms with E-state index in [0.29, 0.717) is 25.3 Å². The Morgan fingerprint density at radius 3 is 2.35 bits per heavy atom. The summed E-state index contributed by atoms with van der Waals surface area (Å²) in [4.78, 5) is 27.9. The van der Waals surface area contributed by atoms with Gasteiger partial charge in [-0.25, -0.2) is 0 Å². The molecule has 2 saturated heterocycles. The molecule has 2 atom stereocenters. The number of benzene rings is 1. The van der Waals surface area contributed by atoms with Crippen molar-refractivity contribution in [2.45, 2.75) is 32.9 Å². The molecule has 2 aliphatic heterocycles. The van der Waals surface area contributed by atoms with Crippen LogP contribution in [0.3, 0.4) is 0 Å². The molecular formula is C22H27F3N4O2. The maximum Gasteiger partial charge on any atom is 0.417 e. The van der Waals surface area contributed by atoms with Gasteiger partial charge in [-0.05, 0) is 42.9 Å². The molecule has 2 amide bonds. The van der Waals surface area contributed by atoms with E-state index in [0.717, 1.165) is 18.9 Å². The molecule has 168 valence electrons. The van der Waals surface area contributed by atoms with Crippen LogP contribution in [0.5, 0.6) is 0 Å². The fourth-order valence-corrected chi connectivity index (χ4v) is 4.79. The lowest BCUT2D eigenvalue weighted by Gasteiger charge is -2.36. The molecule has 0 spiro atoms. The number of alkyl halides is 3. The number of nitriles is 1. The van der Waals surface area contributed by atoms with Gasteiger partial charge in [-0.15, -0.1) is 0 Å². The Kier molecular flexibility index (Phi) is 6.48. The van der Waals surface area contributed by atoms with E-state index in [1.807, 2.05) is 18.7 Å². The van der Waals surface area contributed by atoms with Crippen molar-refractivity contribution >= 4 is 17.5 Å². The summed E-state index contributed by atoms with van der Waals surface area (Å²) < 4.78 is 40.1. The summed E-state index contributed by atoms with van der Waals surface area (Å²) in [6, 6.07) is 5.21. The van der Waals surface area contributed by atoms with Crippen molar-refractivity contribution < 1.29 is 22.8 Å². The number of amides is 2. The molecule has 1 aromatic carbocycles. The van der Waals surface area contributed by atoms with Crippen LogP contribution in [-0.4, -0.2) is 42.9 Å². The standard InChI is InChI=1S/C22H27F3N4O2/c1-13(2)21(31)28-7-5-14(6-8-28)17-11-29(12-18(17)20(27)30)16-4-3-15(10-26)19(9-16)22(23,24)25/h3-4,9,13-14,17-18H,5-8,11-12H2,1-2H3,(H2,27,30)/t17-,18+/m0/s1. The van der Waals surface area contributed by atoms with Crippen molar-refractivity contribution in [3.05, 3.63) is 29.3 Å². The first-order chi connectivity index (χ1) is 14.5. The monoisotopic (exact) mass is 436 g/mol. The van der Waals surface area contributed by atoms with E-state index < -0.39 is 29.1 Å². The predicted octanol–water partition coefficient (Wildman–Crippen LogP) is 3.01. The lowest BCUT2D eigenvalue weighted by molar-refractivity contribution is -0.138. The first kappa shape index (κ1) is 22.9. The Labute approximate surface area is 179 Å². The van der Waals surface area contributed by atoms with E-state index in [9.17, 15) is 22.8 Å². The molecule has 0 unspecified atom stereocenters. The molecule has 3 rings (SSSR count). The summed E-state index contributed by atoms with van der Waals surface area (Å²) in [5.74, 6) is -0.815. The minimum Gasteiger partial charge on any atom is -0.370 e. The number of carbonyl (C=O) groups excluding carboxylic acids is 2. The molecule has 9 heteroatoms. The number of hydrogen-bond acceptors (Lipinski definition) is 4. The number of rotatable bonds is 4. The first-order valence-electron chi connectivity index (χ1n) is 10.5. The quantitative estimate of drug-likeness (QED) is 0.786. The third-order valence-corrected chi connectivity index (χ3v) is 6.48. The van der Waals surface area contributed by atoms with Gasteiger partial charge in [0.05, 0.1) is 23.1 Å². The number of primary amides is 1. The molecule has 2 fully saturated rings. The Hall–Kier alpha value is -2.76. The van der Waals surface area contributed by atoms with E-state index >= 15 is 0 Å². The van der Waals surface area contributed by atoms with Crippen LogP contribution in [0.1, 0.15) is 37.8 Å². The molecule has 0 bridgehead atoms. The third-order valence-electron chi connectivity index (χ3n) is 6.48.